The highest BCUT2D eigenvalue weighted by Crippen LogP contribution is 2.29. The van der Waals surface area contributed by atoms with Gasteiger partial charge in [0.25, 0.3) is 5.91 Å². The van der Waals surface area contributed by atoms with Crippen LogP contribution in [0.25, 0.3) is 0 Å². The zero-order valence-corrected chi connectivity index (χ0v) is 14.7. The van der Waals surface area contributed by atoms with Crippen LogP contribution in [-0.4, -0.2) is 61.1 Å². The fraction of sp³-hybridized carbons (Fsp3) is 0.722. The average molecular weight is 320 g/mol. The molecule has 2 saturated heterocycles. The van der Waals surface area contributed by atoms with Crippen molar-refractivity contribution in [3.05, 3.63) is 22.6 Å². The van der Waals surface area contributed by atoms with Crippen LogP contribution < -0.4 is 0 Å². The lowest BCUT2D eigenvalue weighted by Crippen LogP contribution is -2.47. The highest BCUT2D eigenvalue weighted by atomic mass is 16.5. The summed E-state index contributed by atoms with van der Waals surface area (Å²) in [5.74, 6) is 2.27. The van der Waals surface area contributed by atoms with E-state index >= 15 is 0 Å². The molecule has 128 valence electrons. The number of rotatable bonds is 3. The molecule has 5 heteroatoms. The first-order valence-electron chi connectivity index (χ1n) is 8.70. The van der Waals surface area contributed by atoms with Crippen LogP contribution in [0.5, 0.6) is 0 Å². The normalized spacial score (nSPS) is 26.0. The lowest BCUT2D eigenvalue weighted by molar-refractivity contribution is 0.0103. The third-order valence-corrected chi connectivity index (χ3v) is 5.51. The maximum Gasteiger partial charge on any atom is 0.257 e. The Morgan fingerprint density at radius 1 is 1.13 bits per heavy atom. The molecule has 1 amide bonds. The van der Waals surface area contributed by atoms with Crippen LogP contribution in [0.1, 0.15) is 40.8 Å². The largest absolute Gasteiger partial charge is 0.466 e. The van der Waals surface area contributed by atoms with E-state index in [-0.39, 0.29) is 5.91 Å². The molecule has 0 spiro atoms. The van der Waals surface area contributed by atoms with Gasteiger partial charge in [0.2, 0.25) is 0 Å². The molecule has 1 aromatic rings. The summed E-state index contributed by atoms with van der Waals surface area (Å²) >= 11 is 0. The second-order valence-electron chi connectivity index (χ2n) is 6.81. The number of hydrogen-bond acceptors (Lipinski definition) is 4. The highest BCUT2D eigenvalue weighted by molar-refractivity contribution is 5.97. The predicted molar refractivity (Wildman–Crippen MR) is 88.8 cm³/mol. The second-order valence-corrected chi connectivity index (χ2v) is 6.81. The number of ether oxygens (including phenoxy) is 1. The standard InChI is InChI=1S/C18H28N2O3/c1-5-15-10-20(11-16(15)19-6-8-22-9-7-19)18(21)17-12(2)13(3)23-14(17)4/h15-16H,5-11H2,1-4H3. The predicted octanol–water partition coefficient (Wildman–Crippen LogP) is 2.39. The Morgan fingerprint density at radius 2 is 1.83 bits per heavy atom. The zero-order valence-electron chi connectivity index (χ0n) is 14.7. The van der Waals surface area contributed by atoms with E-state index in [4.69, 9.17) is 9.15 Å². The number of carbonyl (C=O) groups is 1. The zero-order chi connectivity index (χ0) is 16.6. The molecule has 2 unspecified atom stereocenters. The summed E-state index contributed by atoms with van der Waals surface area (Å²) in [5.41, 5.74) is 1.75. The Bertz CT molecular complexity index is 575. The molecule has 23 heavy (non-hydrogen) atoms. The van der Waals surface area contributed by atoms with Crippen molar-refractivity contribution in [2.45, 2.75) is 40.2 Å². The van der Waals surface area contributed by atoms with E-state index in [0.717, 1.165) is 68.5 Å². The monoisotopic (exact) mass is 320 g/mol. The minimum atomic E-state index is 0.131. The van der Waals surface area contributed by atoms with Crippen LogP contribution >= 0.6 is 0 Å². The molecule has 1 aromatic heterocycles. The van der Waals surface area contributed by atoms with Crippen LogP contribution in [-0.2, 0) is 4.74 Å². The smallest absolute Gasteiger partial charge is 0.257 e. The molecule has 0 aromatic carbocycles. The van der Waals surface area contributed by atoms with Gasteiger partial charge in [-0.1, -0.05) is 13.3 Å². The van der Waals surface area contributed by atoms with Crippen molar-refractivity contribution in [1.82, 2.24) is 9.80 Å². The summed E-state index contributed by atoms with van der Waals surface area (Å²) in [4.78, 5) is 17.5. The molecule has 0 saturated carbocycles. The molecule has 0 radical (unpaired) electrons. The van der Waals surface area contributed by atoms with Gasteiger partial charge >= 0.3 is 0 Å². The molecule has 3 heterocycles. The van der Waals surface area contributed by atoms with Crippen molar-refractivity contribution in [2.75, 3.05) is 39.4 Å². The third-order valence-electron chi connectivity index (χ3n) is 5.51. The van der Waals surface area contributed by atoms with Gasteiger partial charge in [0, 0.05) is 37.8 Å². The number of carbonyl (C=O) groups excluding carboxylic acids is 1. The number of aryl methyl sites for hydroxylation is 2. The van der Waals surface area contributed by atoms with Gasteiger partial charge in [0.1, 0.15) is 11.5 Å². The van der Waals surface area contributed by atoms with Crippen molar-refractivity contribution < 1.29 is 13.9 Å². The van der Waals surface area contributed by atoms with E-state index in [1.54, 1.807) is 0 Å². The Labute approximate surface area is 138 Å². The molecule has 3 rings (SSSR count). The number of morpholine rings is 1. The summed E-state index contributed by atoms with van der Waals surface area (Å²) in [5, 5.41) is 0. The second kappa shape index (κ2) is 6.65. The maximum atomic E-state index is 13.0. The number of furan rings is 1. The van der Waals surface area contributed by atoms with Crippen LogP contribution in [0.4, 0.5) is 0 Å². The molecular formula is C18H28N2O3. The molecule has 0 N–H and O–H groups in total. The van der Waals surface area contributed by atoms with Gasteiger partial charge in [-0.25, -0.2) is 0 Å². The Morgan fingerprint density at radius 3 is 2.39 bits per heavy atom. The molecule has 2 atom stereocenters. The van der Waals surface area contributed by atoms with Crippen molar-refractivity contribution in [3.63, 3.8) is 0 Å². The van der Waals surface area contributed by atoms with E-state index in [1.165, 1.54) is 0 Å². The van der Waals surface area contributed by atoms with Crippen LogP contribution in [0.15, 0.2) is 4.42 Å². The topological polar surface area (TPSA) is 45.9 Å². The van der Waals surface area contributed by atoms with Gasteiger partial charge in [-0.3, -0.25) is 9.69 Å². The molecular weight excluding hydrogens is 292 g/mol. The highest BCUT2D eigenvalue weighted by Gasteiger charge is 2.39. The lowest BCUT2D eigenvalue weighted by Gasteiger charge is -2.34. The molecule has 2 aliphatic heterocycles. The van der Waals surface area contributed by atoms with E-state index in [2.05, 4.69) is 11.8 Å². The van der Waals surface area contributed by atoms with E-state index < -0.39 is 0 Å². The SMILES string of the molecule is CCC1CN(C(=O)c2c(C)oc(C)c2C)CC1N1CCOCC1. The Kier molecular flexibility index (Phi) is 4.78. The van der Waals surface area contributed by atoms with Crippen molar-refractivity contribution in [3.8, 4) is 0 Å². The lowest BCUT2D eigenvalue weighted by atomic mass is 9.99. The first-order valence-corrected chi connectivity index (χ1v) is 8.70. The average Bonchev–Trinajstić information content (AvgIpc) is 3.09. The first-order chi connectivity index (χ1) is 11.0. The van der Waals surface area contributed by atoms with Crippen LogP contribution in [0, 0.1) is 26.7 Å². The van der Waals surface area contributed by atoms with Gasteiger partial charge in [-0.2, -0.15) is 0 Å². The maximum absolute atomic E-state index is 13.0. The molecule has 2 fully saturated rings. The van der Waals surface area contributed by atoms with Crippen LogP contribution in [0.2, 0.25) is 0 Å². The van der Waals surface area contributed by atoms with Crippen molar-refractivity contribution in [1.29, 1.82) is 0 Å². The van der Waals surface area contributed by atoms with E-state index in [9.17, 15) is 4.79 Å². The Hall–Kier alpha value is -1.33. The van der Waals surface area contributed by atoms with Gasteiger partial charge < -0.3 is 14.1 Å². The summed E-state index contributed by atoms with van der Waals surface area (Å²) in [6.07, 6.45) is 1.11. The number of amides is 1. The molecule has 5 nitrogen and oxygen atoms in total. The Balaban J connectivity index is 1.77. The minimum absolute atomic E-state index is 0.131. The first kappa shape index (κ1) is 16.5. The van der Waals surface area contributed by atoms with Crippen LogP contribution in [0.3, 0.4) is 0 Å². The third kappa shape index (κ3) is 3.04. The quantitative estimate of drug-likeness (QED) is 0.858. The van der Waals surface area contributed by atoms with E-state index in [1.807, 2.05) is 25.7 Å². The minimum Gasteiger partial charge on any atom is -0.466 e. The summed E-state index contributed by atoms with van der Waals surface area (Å²) < 4.78 is 11.1. The van der Waals surface area contributed by atoms with Gasteiger partial charge in [0.15, 0.2) is 0 Å². The number of hydrogen-bond donors (Lipinski definition) is 0. The summed E-state index contributed by atoms with van der Waals surface area (Å²) in [6.45, 7) is 13.3. The number of likely N-dealkylation sites (tertiary alicyclic amines) is 1. The summed E-state index contributed by atoms with van der Waals surface area (Å²) in [6, 6.07) is 0.460. The molecule has 2 aliphatic rings. The summed E-state index contributed by atoms with van der Waals surface area (Å²) in [7, 11) is 0. The van der Waals surface area contributed by atoms with Gasteiger partial charge in [-0.05, 0) is 26.7 Å². The molecule has 0 bridgehead atoms. The van der Waals surface area contributed by atoms with Gasteiger partial charge in [-0.15, -0.1) is 0 Å². The van der Waals surface area contributed by atoms with Gasteiger partial charge in [0.05, 0.1) is 18.8 Å². The fourth-order valence-corrected chi connectivity index (χ4v) is 4.01. The molecule has 0 aliphatic carbocycles. The van der Waals surface area contributed by atoms with Crippen molar-refractivity contribution in [2.24, 2.45) is 5.92 Å². The van der Waals surface area contributed by atoms with E-state index in [0.29, 0.717) is 12.0 Å². The fourth-order valence-electron chi connectivity index (χ4n) is 4.01. The number of nitrogens with zero attached hydrogens (tertiary/aromatic N) is 2. The van der Waals surface area contributed by atoms with Crippen molar-refractivity contribution >= 4 is 5.91 Å².